The highest BCUT2D eigenvalue weighted by atomic mass is 16.5. The molecule has 0 aliphatic carbocycles. The molecular weight excluding hydrogens is 342 g/mol. The van der Waals surface area contributed by atoms with Crippen LogP contribution in [0.4, 0.5) is 0 Å². The van der Waals surface area contributed by atoms with Gasteiger partial charge < -0.3 is 24.3 Å². The first-order valence-corrected chi connectivity index (χ1v) is 8.09. The number of rotatable bonds is 8. The van der Waals surface area contributed by atoms with Crippen LogP contribution in [0.3, 0.4) is 0 Å². The zero-order chi connectivity index (χ0) is 19.9. The Bertz CT molecular complexity index is 657. The van der Waals surface area contributed by atoms with E-state index >= 15 is 0 Å². The van der Waals surface area contributed by atoms with E-state index in [0.29, 0.717) is 17.1 Å². The standard InChI is InChI=1S/C18H25NO7/c1-10(2)25-15-8-13(7-14(9-15)23-5)16(18(22)24-6)19-17(21)11(3)26-12(4)20/h7-11,16H,1-6H3,(H,19,21)/t11-,16-/m0/s1. The van der Waals surface area contributed by atoms with Gasteiger partial charge in [0.2, 0.25) is 0 Å². The summed E-state index contributed by atoms with van der Waals surface area (Å²) >= 11 is 0. The molecule has 0 aliphatic rings. The van der Waals surface area contributed by atoms with Gasteiger partial charge in [-0.15, -0.1) is 0 Å². The molecule has 0 spiro atoms. The third-order valence-electron chi connectivity index (χ3n) is 3.28. The molecule has 0 saturated heterocycles. The molecule has 1 amide bonds. The Hall–Kier alpha value is -2.77. The second-order valence-electron chi connectivity index (χ2n) is 5.82. The molecule has 2 atom stereocenters. The van der Waals surface area contributed by atoms with E-state index in [1.54, 1.807) is 18.2 Å². The van der Waals surface area contributed by atoms with Crippen LogP contribution in [0.15, 0.2) is 18.2 Å². The van der Waals surface area contributed by atoms with Crippen molar-refractivity contribution in [3.8, 4) is 11.5 Å². The number of benzene rings is 1. The largest absolute Gasteiger partial charge is 0.497 e. The molecule has 8 heteroatoms. The minimum atomic E-state index is -1.12. The van der Waals surface area contributed by atoms with Crippen LogP contribution >= 0.6 is 0 Å². The SMILES string of the molecule is COC(=O)[C@@H](NC(=O)[C@H](C)OC(C)=O)c1cc(OC)cc(OC(C)C)c1. The van der Waals surface area contributed by atoms with Crippen LogP contribution in [0.5, 0.6) is 11.5 Å². The second-order valence-corrected chi connectivity index (χ2v) is 5.82. The highest BCUT2D eigenvalue weighted by Crippen LogP contribution is 2.28. The predicted molar refractivity (Wildman–Crippen MR) is 92.9 cm³/mol. The summed E-state index contributed by atoms with van der Waals surface area (Å²) in [6, 6.07) is 3.75. The van der Waals surface area contributed by atoms with Crippen molar-refractivity contribution >= 4 is 17.8 Å². The van der Waals surface area contributed by atoms with Gasteiger partial charge >= 0.3 is 11.9 Å². The Kier molecular flexibility index (Phi) is 7.89. The molecule has 1 aromatic carbocycles. The highest BCUT2D eigenvalue weighted by Gasteiger charge is 2.28. The van der Waals surface area contributed by atoms with E-state index in [9.17, 15) is 14.4 Å². The molecule has 0 aromatic heterocycles. The van der Waals surface area contributed by atoms with Crippen molar-refractivity contribution in [1.29, 1.82) is 0 Å². The van der Waals surface area contributed by atoms with Gasteiger partial charge in [0, 0.05) is 13.0 Å². The Morgan fingerprint density at radius 2 is 1.62 bits per heavy atom. The van der Waals surface area contributed by atoms with Gasteiger partial charge in [0.1, 0.15) is 11.5 Å². The van der Waals surface area contributed by atoms with Crippen LogP contribution in [0.2, 0.25) is 0 Å². The van der Waals surface area contributed by atoms with Gasteiger partial charge in [0.25, 0.3) is 5.91 Å². The van der Waals surface area contributed by atoms with Crippen molar-refractivity contribution in [2.45, 2.75) is 45.9 Å². The number of esters is 2. The number of ether oxygens (including phenoxy) is 4. The summed E-state index contributed by atoms with van der Waals surface area (Å²) in [5, 5.41) is 2.52. The Morgan fingerprint density at radius 3 is 2.12 bits per heavy atom. The lowest BCUT2D eigenvalue weighted by atomic mass is 10.1. The maximum absolute atomic E-state index is 12.2. The van der Waals surface area contributed by atoms with E-state index < -0.39 is 30.0 Å². The first kappa shape index (κ1) is 21.3. The van der Waals surface area contributed by atoms with Crippen LogP contribution in [0, 0.1) is 0 Å². The topological polar surface area (TPSA) is 100 Å². The molecular formula is C18H25NO7. The van der Waals surface area contributed by atoms with Gasteiger partial charge in [-0.05, 0) is 38.5 Å². The average Bonchev–Trinajstić information content (AvgIpc) is 2.57. The summed E-state index contributed by atoms with van der Waals surface area (Å²) in [6.45, 7) is 6.32. The number of hydrogen-bond donors (Lipinski definition) is 1. The predicted octanol–water partition coefficient (Wildman–Crippen LogP) is 1.76. The number of nitrogens with one attached hydrogen (secondary N) is 1. The van der Waals surface area contributed by atoms with E-state index in [1.165, 1.54) is 28.1 Å². The first-order chi connectivity index (χ1) is 12.2. The number of methoxy groups -OCH3 is 2. The fourth-order valence-corrected chi connectivity index (χ4v) is 2.18. The first-order valence-electron chi connectivity index (χ1n) is 8.09. The van der Waals surface area contributed by atoms with Crippen molar-refractivity contribution in [2.75, 3.05) is 14.2 Å². The molecule has 0 fully saturated rings. The van der Waals surface area contributed by atoms with Gasteiger partial charge in [-0.25, -0.2) is 4.79 Å². The van der Waals surface area contributed by atoms with Crippen molar-refractivity contribution in [3.63, 3.8) is 0 Å². The zero-order valence-electron chi connectivity index (χ0n) is 15.8. The van der Waals surface area contributed by atoms with E-state index in [2.05, 4.69) is 5.32 Å². The van der Waals surface area contributed by atoms with Gasteiger partial charge in [-0.2, -0.15) is 0 Å². The summed E-state index contributed by atoms with van der Waals surface area (Å²) in [7, 11) is 2.69. The minimum absolute atomic E-state index is 0.0925. The van der Waals surface area contributed by atoms with Crippen molar-refractivity contribution in [1.82, 2.24) is 5.32 Å². The average molecular weight is 367 g/mol. The van der Waals surface area contributed by atoms with Crippen LogP contribution in [0.1, 0.15) is 39.3 Å². The smallest absolute Gasteiger partial charge is 0.333 e. The van der Waals surface area contributed by atoms with Crippen LogP contribution in [-0.4, -0.2) is 44.3 Å². The van der Waals surface area contributed by atoms with E-state index in [1.807, 2.05) is 13.8 Å². The van der Waals surface area contributed by atoms with Gasteiger partial charge in [0.15, 0.2) is 12.1 Å². The fraction of sp³-hybridized carbons (Fsp3) is 0.500. The van der Waals surface area contributed by atoms with Crippen molar-refractivity contribution < 1.29 is 33.3 Å². The summed E-state index contributed by atoms with van der Waals surface area (Å²) in [4.78, 5) is 35.4. The van der Waals surface area contributed by atoms with Gasteiger partial charge in [-0.3, -0.25) is 9.59 Å². The monoisotopic (exact) mass is 367 g/mol. The third-order valence-corrected chi connectivity index (χ3v) is 3.28. The van der Waals surface area contributed by atoms with Gasteiger partial charge in [0.05, 0.1) is 20.3 Å². The van der Waals surface area contributed by atoms with E-state index in [0.717, 1.165) is 0 Å². The van der Waals surface area contributed by atoms with Crippen LogP contribution in [0.25, 0.3) is 0 Å². The fourth-order valence-electron chi connectivity index (χ4n) is 2.18. The normalized spacial score (nSPS) is 12.7. The molecule has 1 N–H and O–H groups in total. The van der Waals surface area contributed by atoms with E-state index in [4.69, 9.17) is 18.9 Å². The van der Waals surface area contributed by atoms with Crippen LogP contribution in [-0.2, 0) is 23.9 Å². The molecule has 0 aliphatic heterocycles. The number of hydrogen-bond acceptors (Lipinski definition) is 7. The quantitative estimate of drug-likeness (QED) is 0.699. The lowest BCUT2D eigenvalue weighted by Gasteiger charge is -2.21. The van der Waals surface area contributed by atoms with Gasteiger partial charge in [-0.1, -0.05) is 0 Å². The van der Waals surface area contributed by atoms with Crippen molar-refractivity contribution in [3.05, 3.63) is 23.8 Å². The Balaban J connectivity index is 3.17. The van der Waals surface area contributed by atoms with Crippen LogP contribution < -0.4 is 14.8 Å². The summed E-state index contributed by atoms with van der Waals surface area (Å²) < 4.78 is 20.5. The van der Waals surface area contributed by atoms with E-state index in [-0.39, 0.29) is 6.10 Å². The molecule has 0 unspecified atom stereocenters. The molecule has 0 saturated carbocycles. The number of carbonyl (C=O) groups excluding carboxylic acids is 3. The molecule has 1 aromatic rings. The zero-order valence-corrected chi connectivity index (χ0v) is 15.8. The molecule has 0 heterocycles. The molecule has 0 bridgehead atoms. The molecule has 1 rings (SSSR count). The molecule has 0 radical (unpaired) electrons. The minimum Gasteiger partial charge on any atom is -0.497 e. The maximum Gasteiger partial charge on any atom is 0.333 e. The highest BCUT2D eigenvalue weighted by molar-refractivity contribution is 5.88. The Labute approximate surface area is 152 Å². The Morgan fingerprint density at radius 1 is 1.00 bits per heavy atom. The summed E-state index contributed by atoms with van der Waals surface area (Å²) in [5.74, 6) is -0.988. The number of amides is 1. The lowest BCUT2D eigenvalue weighted by Crippen LogP contribution is -2.41. The molecule has 144 valence electrons. The van der Waals surface area contributed by atoms with Crippen molar-refractivity contribution in [2.24, 2.45) is 0 Å². The summed E-state index contributed by atoms with van der Waals surface area (Å²) in [5.41, 5.74) is 0.412. The number of carbonyl (C=O) groups is 3. The third kappa shape index (κ3) is 6.27. The summed E-state index contributed by atoms with van der Waals surface area (Å²) in [6.07, 6.45) is -1.15. The molecule has 26 heavy (non-hydrogen) atoms. The lowest BCUT2D eigenvalue weighted by molar-refractivity contribution is -0.154. The molecule has 8 nitrogen and oxygen atoms in total. The maximum atomic E-state index is 12.2. The second kappa shape index (κ2) is 9.65.